The van der Waals surface area contributed by atoms with E-state index < -0.39 is 8.07 Å². The molecule has 228 valence electrons. The smallest absolute Gasteiger partial charge is 0.0654 e. The lowest BCUT2D eigenvalue weighted by atomic mass is 10.0. The Morgan fingerprint density at radius 3 is 0.897 bits per heavy atom. The van der Waals surface area contributed by atoms with E-state index in [1.165, 1.54) is 186 Å². The van der Waals surface area contributed by atoms with Crippen LogP contribution < -0.4 is 5.19 Å². The van der Waals surface area contributed by atoms with Gasteiger partial charge in [-0.3, -0.25) is 0 Å². The molecule has 0 saturated heterocycles. The van der Waals surface area contributed by atoms with Gasteiger partial charge >= 0.3 is 0 Å². The van der Waals surface area contributed by atoms with E-state index in [0.717, 1.165) is 0 Å². The van der Waals surface area contributed by atoms with Gasteiger partial charge in [-0.25, -0.2) is 0 Å². The fourth-order valence-electron chi connectivity index (χ4n) is 6.27. The Kier molecular flexibility index (Phi) is 25.8. The molecule has 0 nitrogen and oxygen atoms in total. The van der Waals surface area contributed by atoms with Crippen molar-refractivity contribution in [2.75, 3.05) is 0 Å². The minimum Gasteiger partial charge on any atom is -0.0654 e. The first-order valence-corrected chi connectivity index (χ1v) is 21.4. The van der Waals surface area contributed by atoms with Crippen LogP contribution in [0.25, 0.3) is 0 Å². The molecule has 0 aliphatic heterocycles. The van der Waals surface area contributed by atoms with E-state index in [9.17, 15) is 0 Å². The van der Waals surface area contributed by atoms with Crippen molar-refractivity contribution in [3.63, 3.8) is 0 Å². The summed E-state index contributed by atoms with van der Waals surface area (Å²) in [6.45, 7) is 7.40. The van der Waals surface area contributed by atoms with Crippen molar-refractivity contribution in [3.8, 4) is 0 Å². The third kappa shape index (κ3) is 23.8. The standard InChI is InChI=1S/C38H72Si/c1-4-5-6-7-8-9-10-11-12-13-14-15-16-17-18-19-20-21-22-23-24-25-26-27-28-29-30-34-37-39(2,3)38-35-32-31-33-36-38/h31-33,35-36H,4-30,34,37H2,1-3H3. The van der Waals surface area contributed by atoms with Crippen LogP contribution in [0.1, 0.15) is 187 Å². The van der Waals surface area contributed by atoms with E-state index in [2.05, 4.69) is 50.3 Å². The Morgan fingerprint density at radius 2 is 0.615 bits per heavy atom. The Morgan fingerprint density at radius 1 is 0.359 bits per heavy atom. The summed E-state index contributed by atoms with van der Waals surface area (Å²) in [7, 11) is -1.20. The lowest BCUT2D eigenvalue weighted by molar-refractivity contribution is 0.514. The Labute approximate surface area is 248 Å². The highest BCUT2D eigenvalue weighted by Gasteiger charge is 2.21. The SMILES string of the molecule is CCCCCCCCCCCCCCCCCCCCCCCCCCCCCC[Si](C)(C)c1ccccc1. The Hall–Kier alpha value is -0.563. The van der Waals surface area contributed by atoms with Crippen LogP contribution in [0.2, 0.25) is 19.1 Å². The van der Waals surface area contributed by atoms with Crippen LogP contribution in [-0.2, 0) is 0 Å². The molecule has 1 rings (SSSR count). The normalized spacial score (nSPS) is 11.9. The van der Waals surface area contributed by atoms with E-state index in [-0.39, 0.29) is 0 Å². The largest absolute Gasteiger partial charge is 0.0806 e. The van der Waals surface area contributed by atoms with E-state index >= 15 is 0 Å². The van der Waals surface area contributed by atoms with Gasteiger partial charge in [0.05, 0.1) is 8.07 Å². The maximum atomic E-state index is 2.55. The molecule has 0 spiro atoms. The summed E-state index contributed by atoms with van der Waals surface area (Å²) in [6, 6.07) is 12.7. The number of unbranched alkanes of at least 4 members (excludes halogenated alkanes) is 27. The molecular formula is C38H72Si. The molecular weight excluding hydrogens is 485 g/mol. The second kappa shape index (κ2) is 27.6. The van der Waals surface area contributed by atoms with Crippen LogP contribution in [0, 0.1) is 0 Å². The number of benzene rings is 1. The first kappa shape index (κ1) is 36.5. The van der Waals surface area contributed by atoms with Gasteiger partial charge in [-0.1, -0.05) is 241 Å². The average Bonchev–Trinajstić information content (AvgIpc) is 2.95. The highest BCUT2D eigenvalue weighted by atomic mass is 28.3. The van der Waals surface area contributed by atoms with Gasteiger partial charge in [0.1, 0.15) is 0 Å². The molecule has 0 aliphatic carbocycles. The number of hydrogen-bond donors (Lipinski definition) is 0. The van der Waals surface area contributed by atoms with Crippen LogP contribution in [0.5, 0.6) is 0 Å². The van der Waals surface area contributed by atoms with E-state index in [1.807, 2.05) is 0 Å². The summed E-state index contributed by atoms with van der Waals surface area (Å²) in [6.07, 6.45) is 41.3. The molecule has 0 bridgehead atoms. The topological polar surface area (TPSA) is 0 Å². The quantitative estimate of drug-likeness (QED) is 0.0652. The van der Waals surface area contributed by atoms with Crippen LogP contribution in [0.3, 0.4) is 0 Å². The molecule has 1 heteroatoms. The van der Waals surface area contributed by atoms with Gasteiger partial charge in [-0.15, -0.1) is 0 Å². The highest BCUT2D eigenvalue weighted by Crippen LogP contribution is 2.18. The van der Waals surface area contributed by atoms with Gasteiger partial charge in [0.25, 0.3) is 0 Å². The van der Waals surface area contributed by atoms with Gasteiger partial charge in [-0.2, -0.15) is 0 Å². The Bertz CT molecular complexity index is 592. The van der Waals surface area contributed by atoms with Crippen molar-refractivity contribution in [1.82, 2.24) is 0 Å². The zero-order chi connectivity index (χ0) is 28.1. The summed E-state index contributed by atoms with van der Waals surface area (Å²) in [5.74, 6) is 0. The van der Waals surface area contributed by atoms with Crippen molar-refractivity contribution in [1.29, 1.82) is 0 Å². The number of rotatable bonds is 30. The monoisotopic (exact) mass is 557 g/mol. The van der Waals surface area contributed by atoms with Crippen molar-refractivity contribution >= 4 is 13.3 Å². The molecule has 0 heterocycles. The van der Waals surface area contributed by atoms with E-state index in [1.54, 1.807) is 5.19 Å². The van der Waals surface area contributed by atoms with Crippen molar-refractivity contribution in [2.24, 2.45) is 0 Å². The van der Waals surface area contributed by atoms with Gasteiger partial charge in [0.2, 0.25) is 0 Å². The molecule has 0 aliphatic rings. The fourth-order valence-corrected chi connectivity index (χ4v) is 8.79. The van der Waals surface area contributed by atoms with E-state index in [0.29, 0.717) is 0 Å². The second-order valence-electron chi connectivity index (χ2n) is 13.5. The highest BCUT2D eigenvalue weighted by molar-refractivity contribution is 6.89. The summed E-state index contributed by atoms with van der Waals surface area (Å²) >= 11 is 0. The first-order chi connectivity index (χ1) is 19.2. The molecule has 0 saturated carbocycles. The maximum Gasteiger partial charge on any atom is 0.0806 e. The zero-order valence-electron chi connectivity index (χ0n) is 27.4. The van der Waals surface area contributed by atoms with Crippen LogP contribution in [0.15, 0.2) is 30.3 Å². The average molecular weight is 557 g/mol. The van der Waals surface area contributed by atoms with Crippen LogP contribution >= 0.6 is 0 Å². The molecule has 0 radical (unpaired) electrons. The molecule has 1 aromatic carbocycles. The van der Waals surface area contributed by atoms with Gasteiger partial charge < -0.3 is 0 Å². The van der Waals surface area contributed by atoms with Crippen LogP contribution in [0.4, 0.5) is 0 Å². The maximum absolute atomic E-state index is 2.55. The molecule has 0 aromatic heterocycles. The molecule has 0 amide bonds. The molecule has 0 atom stereocenters. The summed E-state index contributed by atoms with van der Waals surface area (Å²) in [5, 5.41) is 1.63. The summed E-state index contributed by atoms with van der Waals surface area (Å²) < 4.78 is 0. The fraction of sp³-hybridized carbons (Fsp3) is 0.842. The van der Waals surface area contributed by atoms with Crippen molar-refractivity contribution in [2.45, 2.75) is 206 Å². The molecule has 0 fully saturated rings. The van der Waals surface area contributed by atoms with Crippen LogP contribution in [-0.4, -0.2) is 8.07 Å². The predicted octanol–water partition coefficient (Wildman–Crippen LogP) is 13.5. The van der Waals surface area contributed by atoms with Crippen molar-refractivity contribution in [3.05, 3.63) is 30.3 Å². The van der Waals surface area contributed by atoms with E-state index in [4.69, 9.17) is 0 Å². The lowest BCUT2D eigenvalue weighted by Gasteiger charge is -2.22. The molecule has 0 N–H and O–H groups in total. The third-order valence-electron chi connectivity index (χ3n) is 9.21. The van der Waals surface area contributed by atoms with Crippen molar-refractivity contribution < 1.29 is 0 Å². The van der Waals surface area contributed by atoms with Gasteiger partial charge in [0, 0.05) is 0 Å². The number of hydrogen-bond acceptors (Lipinski definition) is 0. The lowest BCUT2D eigenvalue weighted by Crippen LogP contribution is -2.40. The molecule has 39 heavy (non-hydrogen) atoms. The van der Waals surface area contributed by atoms with Gasteiger partial charge in [-0.05, 0) is 0 Å². The van der Waals surface area contributed by atoms with Gasteiger partial charge in [0.15, 0.2) is 0 Å². The predicted molar refractivity (Wildman–Crippen MR) is 183 cm³/mol. The summed E-state index contributed by atoms with van der Waals surface area (Å²) in [5.41, 5.74) is 0. The summed E-state index contributed by atoms with van der Waals surface area (Å²) in [4.78, 5) is 0. The zero-order valence-corrected chi connectivity index (χ0v) is 28.4. The Balaban J connectivity index is 1.69. The molecule has 1 aromatic rings. The third-order valence-corrected chi connectivity index (χ3v) is 12.7. The minimum absolute atomic E-state index is 1.20. The first-order valence-electron chi connectivity index (χ1n) is 18.2. The second-order valence-corrected chi connectivity index (χ2v) is 18.4. The minimum atomic E-state index is -1.20. The molecule has 0 unspecified atom stereocenters.